The molecule has 3 rings (SSSR count). The van der Waals surface area contributed by atoms with Crippen molar-refractivity contribution in [2.75, 3.05) is 0 Å². The van der Waals surface area contributed by atoms with Gasteiger partial charge in [0.1, 0.15) is 12.0 Å². The van der Waals surface area contributed by atoms with E-state index in [9.17, 15) is 9.90 Å². The van der Waals surface area contributed by atoms with Gasteiger partial charge in [-0.1, -0.05) is 32.4 Å². The van der Waals surface area contributed by atoms with Crippen LogP contribution >= 0.6 is 0 Å². The molecule has 0 aromatic heterocycles. The average molecular weight is 284 g/mol. The Kier molecular flexibility index (Phi) is 3.43. The molecule has 2 aliphatic rings. The van der Waals surface area contributed by atoms with E-state index in [0.717, 1.165) is 49.5 Å². The fraction of sp³-hybridized carbons (Fsp3) is 0.526. The van der Waals surface area contributed by atoms with Crippen LogP contribution in [0.3, 0.4) is 0 Å². The van der Waals surface area contributed by atoms with Gasteiger partial charge in [-0.25, -0.2) is 0 Å². The highest BCUT2D eigenvalue weighted by Gasteiger charge is 2.40. The molecule has 0 unspecified atom stereocenters. The fourth-order valence-corrected chi connectivity index (χ4v) is 4.25. The number of aldehydes is 1. The van der Waals surface area contributed by atoms with Crippen molar-refractivity contribution in [3.05, 3.63) is 40.0 Å². The van der Waals surface area contributed by atoms with Gasteiger partial charge in [0, 0.05) is 5.41 Å². The Hall–Kier alpha value is -1.57. The molecule has 0 saturated carbocycles. The zero-order valence-corrected chi connectivity index (χ0v) is 13.2. The first-order valence-corrected chi connectivity index (χ1v) is 8.01. The predicted molar refractivity (Wildman–Crippen MR) is 84.8 cm³/mol. The SMILES string of the molecule is CC(C)c1cc2c(cc1O)[C@@]1(C)CCCC(C=O)=C1CC2. The maximum Gasteiger partial charge on any atom is 0.146 e. The van der Waals surface area contributed by atoms with Crippen molar-refractivity contribution in [3.63, 3.8) is 0 Å². The number of aryl methyl sites for hydroxylation is 1. The molecule has 1 aromatic rings. The number of carbonyl (C=O) groups is 1. The van der Waals surface area contributed by atoms with Crippen LogP contribution in [0.4, 0.5) is 0 Å². The monoisotopic (exact) mass is 284 g/mol. The Morgan fingerprint density at radius 1 is 1.24 bits per heavy atom. The Balaban J connectivity index is 2.19. The van der Waals surface area contributed by atoms with E-state index in [0.29, 0.717) is 11.7 Å². The van der Waals surface area contributed by atoms with Crippen molar-refractivity contribution >= 4 is 6.29 Å². The summed E-state index contributed by atoms with van der Waals surface area (Å²) >= 11 is 0. The van der Waals surface area contributed by atoms with E-state index in [2.05, 4.69) is 26.8 Å². The van der Waals surface area contributed by atoms with Gasteiger partial charge in [-0.2, -0.15) is 0 Å². The number of benzene rings is 1. The van der Waals surface area contributed by atoms with Crippen molar-refractivity contribution in [1.82, 2.24) is 0 Å². The molecular formula is C19H24O2. The van der Waals surface area contributed by atoms with Gasteiger partial charge >= 0.3 is 0 Å². The summed E-state index contributed by atoms with van der Waals surface area (Å²) in [5.74, 6) is 0.737. The summed E-state index contributed by atoms with van der Waals surface area (Å²) in [5.41, 5.74) is 5.89. The minimum atomic E-state index is -0.0605. The molecule has 0 fully saturated rings. The molecule has 2 aliphatic carbocycles. The number of fused-ring (bicyclic) bond motifs is 3. The normalized spacial score (nSPS) is 24.8. The summed E-state index contributed by atoms with van der Waals surface area (Å²) < 4.78 is 0. The van der Waals surface area contributed by atoms with Gasteiger partial charge in [-0.05, 0) is 66.4 Å². The number of rotatable bonds is 2. The molecule has 0 bridgehead atoms. The highest BCUT2D eigenvalue weighted by atomic mass is 16.3. The molecule has 0 heterocycles. The maximum atomic E-state index is 11.4. The van der Waals surface area contributed by atoms with Crippen LogP contribution in [0.25, 0.3) is 0 Å². The Bertz CT molecular complexity index is 625. The number of allylic oxidation sites excluding steroid dienone is 2. The van der Waals surface area contributed by atoms with Crippen LogP contribution < -0.4 is 0 Å². The maximum absolute atomic E-state index is 11.4. The number of phenols is 1. The summed E-state index contributed by atoms with van der Waals surface area (Å²) in [7, 11) is 0. The lowest BCUT2D eigenvalue weighted by atomic mass is 9.61. The number of hydrogen-bond acceptors (Lipinski definition) is 2. The molecule has 0 amide bonds. The standard InChI is InChI=1S/C19H24O2/c1-12(2)15-9-13-6-7-16-14(11-20)5-4-8-19(16,3)17(13)10-18(15)21/h9-12,21H,4-8H2,1-3H3/t19-/m0/s1. The van der Waals surface area contributed by atoms with Crippen LogP contribution in [0.2, 0.25) is 0 Å². The van der Waals surface area contributed by atoms with E-state index in [-0.39, 0.29) is 5.41 Å². The van der Waals surface area contributed by atoms with E-state index >= 15 is 0 Å². The van der Waals surface area contributed by atoms with Gasteiger partial charge < -0.3 is 5.11 Å². The lowest BCUT2D eigenvalue weighted by Crippen LogP contribution is -2.34. The molecule has 0 radical (unpaired) electrons. The van der Waals surface area contributed by atoms with Crippen molar-refractivity contribution in [3.8, 4) is 5.75 Å². The minimum absolute atomic E-state index is 0.0605. The summed E-state index contributed by atoms with van der Waals surface area (Å²) in [6.45, 7) is 6.47. The average Bonchev–Trinajstić information content (AvgIpc) is 2.45. The van der Waals surface area contributed by atoms with Gasteiger partial charge in [0.2, 0.25) is 0 Å². The number of carbonyl (C=O) groups excluding carboxylic acids is 1. The number of aromatic hydroxyl groups is 1. The Morgan fingerprint density at radius 3 is 2.67 bits per heavy atom. The Morgan fingerprint density at radius 2 is 2.00 bits per heavy atom. The second-order valence-electron chi connectivity index (χ2n) is 7.03. The molecule has 0 spiro atoms. The lowest BCUT2D eigenvalue weighted by molar-refractivity contribution is -0.105. The Labute approximate surface area is 126 Å². The molecule has 2 nitrogen and oxygen atoms in total. The number of phenolic OH excluding ortho intramolecular Hbond substituents is 1. The van der Waals surface area contributed by atoms with E-state index in [4.69, 9.17) is 0 Å². The quantitative estimate of drug-likeness (QED) is 0.817. The first-order valence-electron chi connectivity index (χ1n) is 8.01. The topological polar surface area (TPSA) is 37.3 Å². The van der Waals surface area contributed by atoms with Gasteiger partial charge in [-0.3, -0.25) is 4.79 Å². The zero-order chi connectivity index (χ0) is 15.2. The molecule has 1 N–H and O–H groups in total. The van der Waals surface area contributed by atoms with Crippen LogP contribution in [0.1, 0.15) is 69.1 Å². The van der Waals surface area contributed by atoms with Gasteiger partial charge in [0.15, 0.2) is 0 Å². The molecule has 21 heavy (non-hydrogen) atoms. The van der Waals surface area contributed by atoms with Gasteiger partial charge in [0.05, 0.1) is 0 Å². The summed E-state index contributed by atoms with van der Waals surface area (Å²) in [6, 6.07) is 4.16. The third kappa shape index (κ3) is 2.12. The smallest absolute Gasteiger partial charge is 0.146 e. The van der Waals surface area contributed by atoms with Crippen molar-refractivity contribution < 1.29 is 9.90 Å². The summed E-state index contributed by atoms with van der Waals surface area (Å²) in [5, 5.41) is 10.4. The van der Waals surface area contributed by atoms with Gasteiger partial charge in [0.25, 0.3) is 0 Å². The largest absolute Gasteiger partial charge is 0.508 e. The van der Waals surface area contributed by atoms with E-state index in [1.807, 2.05) is 6.07 Å². The van der Waals surface area contributed by atoms with E-state index in [1.165, 1.54) is 16.7 Å². The molecular weight excluding hydrogens is 260 g/mol. The highest BCUT2D eigenvalue weighted by Crippen LogP contribution is 2.50. The van der Waals surface area contributed by atoms with Crippen LogP contribution in [-0.4, -0.2) is 11.4 Å². The molecule has 0 saturated heterocycles. The highest BCUT2D eigenvalue weighted by molar-refractivity contribution is 5.77. The first-order chi connectivity index (χ1) is 9.97. The van der Waals surface area contributed by atoms with Crippen LogP contribution in [0.15, 0.2) is 23.3 Å². The second-order valence-corrected chi connectivity index (χ2v) is 7.03. The molecule has 112 valence electrons. The van der Waals surface area contributed by atoms with Crippen LogP contribution in [-0.2, 0) is 16.6 Å². The zero-order valence-electron chi connectivity index (χ0n) is 13.2. The fourth-order valence-electron chi connectivity index (χ4n) is 4.25. The second kappa shape index (κ2) is 5.01. The van der Waals surface area contributed by atoms with Crippen molar-refractivity contribution in [2.45, 2.75) is 64.2 Å². The van der Waals surface area contributed by atoms with E-state index < -0.39 is 0 Å². The molecule has 2 heteroatoms. The molecule has 0 aliphatic heterocycles. The summed E-state index contributed by atoms with van der Waals surface area (Å²) in [6.07, 6.45) is 6.07. The van der Waals surface area contributed by atoms with Crippen LogP contribution in [0.5, 0.6) is 5.75 Å². The number of hydrogen-bond donors (Lipinski definition) is 1. The predicted octanol–water partition coefficient (Wildman–Crippen LogP) is 4.40. The third-order valence-corrected chi connectivity index (χ3v) is 5.43. The minimum Gasteiger partial charge on any atom is -0.508 e. The summed E-state index contributed by atoms with van der Waals surface area (Å²) in [4.78, 5) is 11.4. The van der Waals surface area contributed by atoms with Crippen molar-refractivity contribution in [1.29, 1.82) is 0 Å². The lowest BCUT2D eigenvalue weighted by Gasteiger charge is -2.43. The van der Waals surface area contributed by atoms with Gasteiger partial charge in [-0.15, -0.1) is 0 Å². The molecule has 1 atom stereocenters. The van der Waals surface area contributed by atoms with E-state index in [1.54, 1.807) is 0 Å². The van der Waals surface area contributed by atoms with Crippen LogP contribution in [0, 0.1) is 0 Å². The molecule has 1 aromatic carbocycles. The van der Waals surface area contributed by atoms with Crippen molar-refractivity contribution in [2.24, 2.45) is 0 Å². The third-order valence-electron chi connectivity index (χ3n) is 5.43. The first kappa shape index (κ1) is 14.4.